The quantitative estimate of drug-likeness (QED) is 0.746. The molecular formula is C21H25N5O2. The molecule has 3 aromatic rings. The third-order valence-electron chi connectivity index (χ3n) is 5.50. The number of carbonyl (C=O) groups is 1. The van der Waals surface area contributed by atoms with Gasteiger partial charge in [0.2, 0.25) is 0 Å². The molecule has 1 aliphatic rings. The van der Waals surface area contributed by atoms with E-state index in [1.807, 2.05) is 31.5 Å². The maximum absolute atomic E-state index is 13.1. The number of rotatable bonds is 4. The Balaban J connectivity index is 1.72. The van der Waals surface area contributed by atoms with Crippen LogP contribution >= 0.6 is 0 Å². The van der Waals surface area contributed by atoms with Gasteiger partial charge in [-0.3, -0.25) is 14.3 Å². The molecule has 0 bridgehead atoms. The van der Waals surface area contributed by atoms with E-state index in [1.54, 1.807) is 24.4 Å². The molecule has 4 rings (SSSR count). The molecule has 2 aromatic heterocycles. The Morgan fingerprint density at radius 1 is 1.18 bits per heavy atom. The Hall–Kier alpha value is -2.96. The van der Waals surface area contributed by atoms with Gasteiger partial charge in [-0.2, -0.15) is 10.2 Å². The lowest BCUT2D eigenvalue weighted by atomic mass is 10.1. The summed E-state index contributed by atoms with van der Waals surface area (Å²) in [5.41, 5.74) is 1.69. The molecule has 0 unspecified atom stereocenters. The molecule has 0 saturated heterocycles. The van der Waals surface area contributed by atoms with Gasteiger partial charge in [-0.05, 0) is 39.7 Å². The molecule has 1 fully saturated rings. The molecule has 0 spiro atoms. The SMILES string of the molecule is Cc1c(NC(=O)c2nn(C(C)C)c(=O)c3ccccc23)cnn1C1CCCC1. The van der Waals surface area contributed by atoms with Crippen molar-refractivity contribution in [3.63, 3.8) is 0 Å². The summed E-state index contributed by atoms with van der Waals surface area (Å²) in [6, 6.07) is 7.37. The number of carbonyl (C=O) groups excluding carboxylic acids is 1. The smallest absolute Gasteiger partial charge is 0.276 e. The molecule has 1 aliphatic carbocycles. The molecule has 0 aliphatic heterocycles. The van der Waals surface area contributed by atoms with Crippen LogP contribution in [0.25, 0.3) is 10.8 Å². The zero-order chi connectivity index (χ0) is 19.8. The molecule has 146 valence electrons. The largest absolute Gasteiger partial charge is 0.318 e. The van der Waals surface area contributed by atoms with Gasteiger partial charge in [-0.15, -0.1) is 0 Å². The average Bonchev–Trinajstić information content (AvgIpc) is 3.32. The van der Waals surface area contributed by atoms with E-state index in [2.05, 4.69) is 15.5 Å². The van der Waals surface area contributed by atoms with Crippen LogP contribution in [0.5, 0.6) is 0 Å². The van der Waals surface area contributed by atoms with Gasteiger partial charge in [0.05, 0.1) is 35.0 Å². The van der Waals surface area contributed by atoms with Crippen molar-refractivity contribution >= 4 is 22.4 Å². The van der Waals surface area contributed by atoms with Gasteiger partial charge in [0.15, 0.2) is 5.69 Å². The van der Waals surface area contributed by atoms with E-state index in [1.165, 1.54) is 17.5 Å². The molecule has 7 nitrogen and oxygen atoms in total. The van der Waals surface area contributed by atoms with Gasteiger partial charge in [-0.1, -0.05) is 31.0 Å². The monoisotopic (exact) mass is 379 g/mol. The summed E-state index contributed by atoms with van der Waals surface area (Å²) in [7, 11) is 0. The molecule has 0 atom stereocenters. The standard InChI is InChI=1S/C21H25N5O2/c1-13(2)25-21(28)17-11-7-6-10-16(17)19(24-25)20(27)23-18-12-22-26(14(18)3)15-8-4-5-9-15/h6-7,10-13,15H,4-5,8-9H2,1-3H3,(H,23,27). The predicted octanol–water partition coefficient (Wildman–Crippen LogP) is 3.85. The third-order valence-corrected chi connectivity index (χ3v) is 5.50. The molecule has 1 aromatic carbocycles. The molecule has 2 heterocycles. The van der Waals surface area contributed by atoms with Gasteiger partial charge in [0.1, 0.15) is 0 Å². The van der Waals surface area contributed by atoms with Crippen molar-refractivity contribution in [2.75, 3.05) is 5.32 Å². The molecule has 0 radical (unpaired) electrons. The lowest BCUT2D eigenvalue weighted by molar-refractivity contribution is 0.102. The number of fused-ring (bicyclic) bond motifs is 1. The number of benzene rings is 1. The Kier molecular flexibility index (Phi) is 4.75. The zero-order valence-corrected chi connectivity index (χ0v) is 16.5. The highest BCUT2D eigenvalue weighted by Gasteiger charge is 2.23. The van der Waals surface area contributed by atoms with Crippen LogP contribution in [0.4, 0.5) is 5.69 Å². The first kappa shape index (κ1) is 18.4. The number of aromatic nitrogens is 4. The molecule has 1 N–H and O–H groups in total. The van der Waals surface area contributed by atoms with Crippen LogP contribution in [-0.4, -0.2) is 25.5 Å². The van der Waals surface area contributed by atoms with Gasteiger partial charge in [-0.25, -0.2) is 4.68 Å². The maximum Gasteiger partial charge on any atom is 0.276 e. The maximum atomic E-state index is 13.1. The minimum absolute atomic E-state index is 0.143. The Morgan fingerprint density at radius 3 is 2.54 bits per heavy atom. The van der Waals surface area contributed by atoms with E-state index >= 15 is 0 Å². The van der Waals surface area contributed by atoms with Crippen LogP contribution in [0, 0.1) is 6.92 Å². The Labute approximate surface area is 163 Å². The van der Waals surface area contributed by atoms with E-state index in [0.717, 1.165) is 18.5 Å². The fourth-order valence-corrected chi connectivity index (χ4v) is 3.97. The summed E-state index contributed by atoms with van der Waals surface area (Å²) in [6.07, 6.45) is 6.39. The van der Waals surface area contributed by atoms with Gasteiger partial charge in [0.25, 0.3) is 11.5 Å². The summed E-state index contributed by atoms with van der Waals surface area (Å²) in [4.78, 5) is 25.7. The molecular weight excluding hydrogens is 354 g/mol. The van der Waals surface area contributed by atoms with Crippen LogP contribution in [0.2, 0.25) is 0 Å². The molecule has 28 heavy (non-hydrogen) atoms. The van der Waals surface area contributed by atoms with E-state index in [9.17, 15) is 9.59 Å². The number of nitrogens with one attached hydrogen (secondary N) is 1. The number of amides is 1. The zero-order valence-electron chi connectivity index (χ0n) is 16.5. The molecule has 1 amide bonds. The van der Waals surface area contributed by atoms with Crippen molar-refractivity contribution in [1.29, 1.82) is 0 Å². The highest BCUT2D eigenvalue weighted by molar-refractivity contribution is 6.11. The van der Waals surface area contributed by atoms with Crippen molar-refractivity contribution in [1.82, 2.24) is 19.6 Å². The summed E-state index contributed by atoms with van der Waals surface area (Å²) in [5.74, 6) is -0.334. The number of hydrogen-bond donors (Lipinski definition) is 1. The minimum Gasteiger partial charge on any atom is -0.318 e. The van der Waals surface area contributed by atoms with Crippen molar-refractivity contribution in [2.45, 2.75) is 58.5 Å². The first-order chi connectivity index (χ1) is 13.5. The van der Waals surface area contributed by atoms with E-state index in [0.29, 0.717) is 22.5 Å². The lowest BCUT2D eigenvalue weighted by Crippen LogP contribution is -2.29. The second-order valence-electron chi connectivity index (χ2n) is 7.72. The highest BCUT2D eigenvalue weighted by Crippen LogP contribution is 2.31. The number of nitrogens with zero attached hydrogens (tertiary/aromatic N) is 4. The van der Waals surface area contributed by atoms with E-state index < -0.39 is 0 Å². The van der Waals surface area contributed by atoms with Crippen molar-refractivity contribution in [2.24, 2.45) is 0 Å². The summed E-state index contributed by atoms with van der Waals surface area (Å²) >= 11 is 0. The van der Waals surface area contributed by atoms with Crippen LogP contribution in [0.3, 0.4) is 0 Å². The summed E-state index contributed by atoms with van der Waals surface area (Å²) in [6.45, 7) is 5.72. The van der Waals surface area contributed by atoms with Crippen LogP contribution in [-0.2, 0) is 0 Å². The van der Waals surface area contributed by atoms with Crippen molar-refractivity contribution < 1.29 is 4.79 Å². The Morgan fingerprint density at radius 2 is 1.86 bits per heavy atom. The second-order valence-corrected chi connectivity index (χ2v) is 7.72. The van der Waals surface area contributed by atoms with E-state index in [4.69, 9.17) is 0 Å². The van der Waals surface area contributed by atoms with Crippen molar-refractivity contribution in [3.05, 3.63) is 52.2 Å². The topological polar surface area (TPSA) is 81.8 Å². The van der Waals surface area contributed by atoms with Gasteiger partial charge in [0, 0.05) is 5.39 Å². The normalized spacial score (nSPS) is 14.9. The molecule has 1 saturated carbocycles. The highest BCUT2D eigenvalue weighted by atomic mass is 16.2. The van der Waals surface area contributed by atoms with Crippen LogP contribution in [0.15, 0.2) is 35.3 Å². The predicted molar refractivity (Wildman–Crippen MR) is 109 cm³/mol. The molecule has 7 heteroatoms. The first-order valence-electron chi connectivity index (χ1n) is 9.84. The third kappa shape index (κ3) is 3.10. The average molecular weight is 379 g/mol. The first-order valence-corrected chi connectivity index (χ1v) is 9.84. The van der Waals surface area contributed by atoms with Crippen molar-refractivity contribution in [3.8, 4) is 0 Å². The lowest BCUT2D eigenvalue weighted by Gasteiger charge is -2.14. The van der Waals surface area contributed by atoms with Gasteiger partial charge < -0.3 is 5.32 Å². The van der Waals surface area contributed by atoms with Crippen LogP contribution in [0.1, 0.15) is 67.8 Å². The van der Waals surface area contributed by atoms with Crippen LogP contribution < -0.4 is 10.9 Å². The second kappa shape index (κ2) is 7.22. The summed E-state index contributed by atoms with van der Waals surface area (Å²) < 4.78 is 3.38. The van der Waals surface area contributed by atoms with Gasteiger partial charge >= 0.3 is 0 Å². The fourth-order valence-electron chi connectivity index (χ4n) is 3.97. The minimum atomic E-state index is -0.334. The fraction of sp³-hybridized carbons (Fsp3) is 0.429. The van der Waals surface area contributed by atoms with E-state index in [-0.39, 0.29) is 23.2 Å². The number of hydrogen-bond acceptors (Lipinski definition) is 4. The Bertz CT molecular complexity index is 1090. The number of anilines is 1. The summed E-state index contributed by atoms with van der Waals surface area (Å²) in [5, 5.41) is 12.9.